The molecule has 1 saturated carbocycles. The van der Waals surface area contributed by atoms with Crippen LogP contribution in [0.25, 0.3) is 0 Å². The van der Waals surface area contributed by atoms with Crippen LogP contribution >= 0.6 is 0 Å². The number of carbonyl (C=O) groups is 1. The van der Waals surface area contributed by atoms with Gasteiger partial charge >= 0.3 is 6.09 Å². The van der Waals surface area contributed by atoms with Crippen LogP contribution < -0.4 is 4.72 Å². The average Bonchev–Trinajstić information content (AvgIpc) is 2.42. The molecular formula is C18H36N2O3S. The summed E-state index contributed by atoms with van der Waals surface area (Å²) in [6.45, 7) is 13.9. The van der Waals surface area contributed by atoms with Crippen LogP contribution in [-0.2, 0) is 11.4 Å². The van der Waals surface area contributed by atoms with Crippen molar-refractivity contribution in [3.8, 4) is 0 Å². The minimum atomic E-state index is -1.06. The molecule has 0 aromatic carbocycles. The van der Waals surface area contributed by atoms with Crippen LogP contribution in [0.5, 0.6) is 0 Å². The smallest absolute Gasteiger partial charge is 0.407 e. The molecule has 0 saturated heterocycles. The molecule has 0 aromatic rings. The summed E-state index contributed by atoms with van der Waals surface area (Å²) in [4.78, 5) is 13.3. The Kier molecular flexibility index (Phi) is 7.45. The summed E-state index contributed by atoms with van der Waals surface area (Å²) in [5, 5.41) is 9.56. The van der Waals surface area contributed by atoms with Crippen molar-refractivity contribution in [1.29, 1.82) is 0 Å². The largest absolute Gasteiger partial charge is 0.598 e. The van der Waals surface area contributed by atoms with Gasteiger partial charge in [0.15, 0.2) is 0 Å². The van der Waals surface area contributed by atoms with Gasteiger partial charge in [-0.15, -0.1) is 4.72 Å². The molecule has 0 aliphatic heterocycles. The molecule has 5 nitrogen and oxygen atoms in total. The number of nitrogens with one attached hydrogen (secondary N) is 1. The molecule has 0 radical (unpaired) electrons. The summed E-state index contributed by atoms with van der Waals surface area (Å²) >= 11 is -1.06. The monoisotopic (exact) mass is 360 g/mol. The second-order valence-corrected chi connectivity index (χ2v) is 10.9. The molecule has 6 heteroatoms. The van der Waals surface area contributed by atoms with Crippen LogP contribution in [0.1, 0.15) is 80.6 Å². The molecule has 0 spiro atoms. The highest BCUT2D eigenvalue weighted by atomic mass is 32.2. The summed E-state index contributed by atoms with van der Waals surface area (Å²) in [5.74, 6) is 0.466. The summed E-state index contributed by atoms with van der Waals surface area (Å²) < 4.78 is 15.4. The Bertz CT molecular complexity index is 409. The average molecular weight is 361 g/mol. The van der Waals surface area contributed by atoms with Crippen molar-refractivity contribution in [3.05, 3.63) is 0 Å². The molecule has 0 aromatic heterocycles. The quantitative estimate of drug-likeness (QED) is 0.722. The van der Waals surface area contributed by atoms with Crippen molar-refractivity contribution >= 4 is 17.5 Å². The molecule has 1 aliphatic carbocycles. The number of amides is 1. The first-order valence-electron chi connectivity index (χ1n) is 9.08. The van der Waals surface area contributed by atoms with E-state index >= 15 is 0 Å². The van der Waals surface area contributed by atoms with Crippen molar-refractivity contribution in [2.75, 3.05) is 0 Å². The van der Waals surface area contributed by atoms with Gasteiger partial charge < -0.3 is 14.6 Å². The lowest BCUT2D eigenvalue weighted by molar-refractivity contribution is 0.0478. The second-order valence-electron chi connectivity index (χ2n) is 8.91. The lowest BCUT2D eigenvalue weighted by atomic mass is 9.79. The van der Waals surface area contributed by atoms with Gasteiger partial charge in [-0.2, -0.15) is 0 Å². The zero-order valence-corrected chi connectivity index (χ0v) is 17.2. The van der Waals surface area contributed by atoms with Crippen molar-refractivity contribution in [2.45, 2.75) is 103 Å². The Morgan fingerprint density at radius 2 is 1.71 bits per heavy atom. The van der Waals surface area contributed by atoms with E-state index in [0.717, 1.165) is 32.1 Å². The van der Waals surface area contributed by atoms with Gasteiger partial charge in [-0.1, -0.05) is 6.92 Å². The molecular weight excluding hydrogens is 324 g/mol. The molecule has 0 bridgehead atoms. The lowest BCUT2D eigenvalue weighted by Crippen LogP contribution is -2.53. The van der Waals surface area contributed by atoms with Crippen LogP contribution in [0, 0.1) is 5.92 Å². The maximum atomic E-state index is 12.4. The predicted octanol–water partition coefficient (Wildman–Crippen LogP) is 4.15. The Balaban J connectivity index is 2.67. The molecule has 24 heavy (non-hydrogen) atoms. The van der Waals surface area contributed by atoms with Crippen LogP contribution in [0.15, 0.2) is 0 Å². The molecule has 1 amide bonds. The van der Waals surface area contributed by atoms with Gasteiger partial charge in [0.25, 0.3) is 0 Å². The molecule has 2 atom stereocenters. The number of carboxylic acid groups (broad SMARTS) is 1. The predicted molar refractivity (Wildman–Crippen MR) is 100 cm³/mol. The second kappa shape index (κ2) is 8.28. The highest BCUT2D eigenvalue weighted by Crippen LogP contribution is 2.34. The third-order valence-corrected chi connectivity index (χ3v) is 6.49. The van der Waals surface area contributed by atoms with Crippen LogP contribution in [0.2, 0.25) is 0 Å². The van der Waals surface area contributed by atoms with E-state index < -0.39 is 17.5 Å². The summed E-state index contributed by atoms with van der Waals surface area (Å²) in [7, 11) is 0. The summed E-state index contributed by atoms with van der Waals surface area (Å²) in [5.41, 5.74) is -0.376. The van der Waals surface area contributed by atoms with Gasteiger partial charge in [-0.25, -0.2) is 4.79 Å². The van der Waals surface area contributed by atoms with Crippen LogP contribution in [0.4, 0.5) is 4.79 Å². The molecule has 1 rings (SSSR count). The van der Waals surface area contributed by atoms with Gasteiger partial charge in [0, 0.05) is 22.9 Å². The van der Waals surface area contributed by atoms with E-state index in [4.69, 9.17) is 0 Å². The van der Waals surface area contributed by atoms with E-state index in [9.17, 15) is 14.5 Å². The van der Waals surface area contributed by atoms with E-state index in [1.807, 2.05) is 41.5 Å². The first-order valence-corrected chi connectivity index (χ1v) is 10.2. The number of nitrogens with zero attached hydrogens (tertiary/aromatic N) is 1. The van der Waals surface area contributed by atoms with E-state index in [-0.39, 0.29) is 22.4 Å². The van der Waals surface area contributed by atoms with Gasteiger partial charge in [0.1, 0.15) is 4.75 Å². The minimum Gasteiger partial charge on any atom is -0.598 e. The first-order chi connectivity index (χ1) is 10.9. The Morgan fingerprint density at radius 3 is 2.04 bits per heavy atom. The molecule has 142 valence electrons. The highest BCUT2D eigenvalue weighted by molar-refractivity contribution is 7.90. The van der Waals surface area contributed by atoms with E-state index in [1.165, 1.54) is 0 Å². The fraction of sp³-hybridized carbons (Fsp3) is 0.944. The van der Waals surface area contributed by atoms with Crippen molar-refractivity contribution in [3.63, 3.8) is 0 Å². The highest BCUT2D eigenvalue weighted by Gasteiger charge is 2.38. The van der Waals surface area contributed by atoms with E-state index in [1.54, 1.807) is 4.90 Å². The van der Waals surface area contributed by atoms with Crippen LogP contribution in [0.3, 0.4) is 0 Å². The van der Waals surface area contributed by atoms with Crippen molar-refractivity contribution in [1.82, 2.24) is 9.62 Å². The maximum Gasteiger partial charge on any atom is 0.407 e. The number of hydrogen-bond donors (Lipinski definition) is 2. The fourth-order valence-corrected chi connectivity index (χ4v) is 4.57. The fourth-order valence-electron chi connectivity index (χ4n) is 3.58. The molecule has 2 N–H and O–H groups in total. The SMILES string of the molecule is CC[C@H](N[S@@+]([O-])C(C)(C)C)C1CCC(N(C(=O)O)C(C)(C)C)CC1. The zero-order chi connectivity index (χ0) is 18.7. The summed E-state index contributed by atoms with van der Waals surface area (Å²) in [6, 6.07) is 0.322. The molecule has 1 aliphatic rings. The third kappa shape index (κ3) is 5.81. The third-order valence-electron chi connectivity index (χ3n) is 4.86. The van der Waals surface area contributed by atoms with Gasteiger partial charge in [0.05, 0.1) is 6.04 Å². The Morgan fingerprint density at radius 1 is 1.21 bits per heavy atom. The van der Waals surface area contributed by atoms with Gasteiger partial charge in [-0.3, -0.25) is 0 Å². The number of rotatable bonds is 5. The zero-order valence-electron chi connectivity index (χ0n) is 16.4. The van der Waals surface area contributed by atoms with E-state index in [0.29, 0.717) is 5.92 Å². The first kappa shape index (κ1) is 21.6. The van der Waals surface area contributed by atoms with Gasteiger partial charge in [0.2, 0.25) is 0 Å². The molecule has 1 fully saturated rings. The molecule has 0 heterocycles. The Hall–Kier alpha value is -0.460. The topological polar surface area (TPSA) is 75.6 Å². The lowest BCUT2D eigenvalue weighted by Gasteiger charge is -2.44. The van der Waals surface area contributed by atoms with Crippen molar-refractivity contribution in [2.24, 2.45) is 5.92 Å². The number of hydrogen-bond acceptors (Lipinski definition) is 3. The minimum absolute atomic E-state index is 0.0874. The normalized spacial score (nSPS) is 25.2. The molecule has 0 unspecified atom stereocenters. The van der Waals surface area contributed by atoms with Crippen LogP contribution in [-0.4, -0.2) is 43.0 Å². The standard InChI is InChI=1S/C18H36N2O3S/c1-8-15(19-24(23)18(5,6)7)13-9-11-14(12-10-13)20(16(21)22)17(2,3)4/h13-15,19H,8-12H2,1-7H3,(H,21,22)/t13?,14?,15-,24-/m0/s1. The summed E-state index contributed by atoms with van der Waals surface area (Å²) in [6.07, 6.45) is 3.85. The van der Waals surface area contributed by atoms with E-state index in [2.05, 4.69) is 11.6 Å². The van der Waals surface area contributed by atoms with Crippen molar-refractivity contribution < 1.29 is 14.5 Å². The maximum absolute atomic E-state index is 12.4. The van der Waals surface area contributed by atoms with Gasteiger partial charge in [-0.05, 0) is 79.6 Å². The Labute approximate surface area is 150 Å².